The molecule has 0 saturated carbocycles. The largest absolute Gasteiger partial charge is 0.497 e. The molecule has 0 saturated heterocycles. The number of methoxy groups -OCH3 is 1. The highest BCUT2D eigenvalue weighted by Gasteiger charge is 2.37. The van der Waals surface area contributed by atoms with Crippen LogP contribution in [-0.2, 0) is 0 Å². The molecule has 0 bridgehead atoms. The first-order chi connectivity index (χ1) is 13.5. The lowest BCUT2D eigenvalue weighted by atomic mass is 9.83. The van der Waals surface area contributed by atoms with E-state index >= 15 is 0 Å². The Morgan fingerprint density at radius 3 is 2.79 bits per heavy atom. The fourth-order valence-electron chi connectivity index (χ4n) is 3.30. The van der Waals surface area contributed by atoms with E-state index in [1.54, 1.807) is 25.3 Å². The van der Waals surface area contributed by atoms with Crippen LogP contribution in [0.1, 0.15) is 17.0 Å². The SMILES string of the molecule is COc1cccc(-c2[nH]nc3c2[C@@H](c2cccc(Cl)c2Cl)C(C#N)=C(N)O3)c1. The van der Waals surface area contributed by atoms with Gasteiger partial charge in [-0.25, -0.2) is 0 Å². The minimum atomic E-state index is -0.583. The molecule has 0 fully saturated rings. The normalized spacial score (nSPS) is 15.6. The summed E-state index contributed by atoms with van der Waals surface area (Å²) < 4.78 is 10.9. The van der Waals surface area contributed by atoms with Crippen LogP contribution in [0.2, 0.25) is 10.0 Å². The van der Waals surface area contributed by atoms with Crippen LogP contribution >= 0.6 is 23.2 Å². The van der Waals surface area contributed by atoms with Gasteiger partial charge in [0, 0.05) is 5.56 Å². The van der Waals surface area contributed by atoms with Crippen LogP contribution in [0.15, 0.2) is 53.9 Å². The summed E-state index contributed by atoms with van der Waals surface area (Å²) in [5.41, 5.74) is 9.03. The first-order valence-electron chi connectivity index (χ1n) is 8.29. The smallest absolute Gasteiger partial charge is 0.244 e. The quantitative estimate of drug-likeness (QED) is 0.654. The Morgan fingerprint density at radius 1 is 1.25 bits per heavy atom. The Bertz CT molecular complexity index is 1150. The van der Waals surface area contributed by atoms with Gasteiger partial charge in [0.1, 0.15) is 17.4 Å². The van der Waals surface area contributed by atoms with Crippen molar-refractivity contribution >= 4 is 23.2 Å². The lowest BCUT2D eigenvalue weighted by Gasteiger charge is -2.25. The molecule has 1 aromatic heterocycles. The summed E-state index contributed by atoms with van der Waals surface area (Å²) in [6, 6.07) is 14.9. The molecule has 3 aromatic rings. The number of nitrogens with zero attached hydrogens (tertiary/aromatic N) is 2. The van der Waals surface area contributed by atoms with Gasteiger partial charge < -0.3 is 15.2 Å². The van der Waals surface area contributed by atoms with E-state index in [1.165, 1.54) is 0 Å². The number of nitrogens with two attached hydrogens (primary N) is 1. The second-order valence-electron chi connectivity index (χ2n) is 6.12. The summed E-state index contributed by atoms with van der Waals surface area (Å²) in [6.45, 7) is 0. The molecule has 0 aliphatic carbocycles. The van der Waals surface area contributed by atoms with Crippen molar-refractivity contribution in [2.24, 2.45) is 5.73 Å². The Kier molecular flexibility index (Phi) is 4.63. The molecule has 3 N–H and O–H groups in total. The Labute approximate surface area is 171 Å². The monoisotopic (exact) mass is 412 g/mol. The third-order valence-electron chi connectivity index (χ3n) is 4.59. The van der Waals surface area contributed by atoms with Gasteiger partial charge in [0.2, 0.25) is 11.8 Å². The molecule has 28 heavy (non-hydrogen) atoms. The first kappa shape index (κ1) is 18.2. The number of H-pyrrole nitrogens is 1. The molecule has 0 amide bonds. The summed E-state index contributed by atoms with van der Waals surface area (Å²) in [4.78, 5) is 0. The standard InChI is InChI=1S/C20H14Cl2N4O2/c1-27-11-5-2-4-10(8-11)18-16-15(12-6-3-7-14(21)17(12)22)13(9-23)19(24)28-20(16)26-25-18/h2-8,15H,24H2,1H3,(H,25,26)/t15-/m0/s1. The van der Waals surface area contributed by atoms with Gasteiger partial charge in [-0.3, -0.25) is 5.10 Å². The third kappa shape index (κ3) is 2.85. The van der Waals surface area contributed by atoms with E-state index in [0.29, 0.717) is 32.6 Å². The van der Waals surface area contributed by atoms with Crippen molar-refractivity contribution in [2.75, 3.05) is 7.11 Å². The van der Waals surface area contributed by atoms with Crippen molar-refractivity contribution in [3.8, 4) is 29.0 Å². The summed E-state index contributed by atoms with van der Waals surface area (Å²) in [6.07, 6.45) is 0. The molecule has 2 heterocycles. The maximum absolute atomic E-state index is 9.77. The molecule has 140 valence electrons. The van der Waals surface area contributed by atoms with Gasteiger partial charge in [0.25, 0.3) is 0 Å². The van der Waals surface area contributed by atoms with Gasteiger partial charge in [-0.05, 0) is 23.8 Å². The van der Waals surface area contributed by atoms with E-state index in [0.717, 1.165) is 5.56 Å². The maximum atomic E-state index is 9.77. The molecule has 1 atom stereocenters. The van der Waals surface area contributed by atoms with Crippen LogP contribution in [0.3, 0.4) is 0 Å². The predicted octanol–water partition coefficient (Wildman–Crippen LogP) is 4.61. The zero-order valence-electron chi connectivity index (χ0n) is 14.7. The molecule has 6 nitrogen and oxygen atoms in total. The summed E-state index contributed by atoms with van der Waals surface area (Å²) in [5.74, 6) is 0.375. The van der Waals surface area contributed by atoms with Gasteiger partial charge in [0.05, 0.1) is 34.3 Å². The summed E-state index contributed by atoms with van der Waals surface area (Å²) in [5, 5.41) is 17.7. The highest BCUT2D eigenvalue weighted by Crippen LogP contribution is 2.48. The predicted molar refractivity (Wildman–Crippen MR) is 106 cm³/mol. The van der Waals surface area contributed by atoms with Crippen molar-refractivity contribution in [3.63, 3.8) is 0 Å². The lowest BCUT2D eigenvalue weighted by Crippen LogP contribution is -2.21. The maximum Gasteiger partial charge on any atom is 0.244 e. The summed E-state index contributed by atoms with van der Waals surface area (Å²) >= 11 is 12.7. The van der Waals surface area contributed by atoms with Gasteiger partial charge in [0.15, 0.2) is 0 Å². The molecule has 0 spiro atoms. The number of hydrogen-bond acceptors (Lipinski definition) is 5. The number of fused-ring (bicyclic) bond motifs is 1. The molecule has 1 aliphatic rings. The van der Waals surface area contributed by atoms with Crippen LogP contribution in [-0.4, -0.2) is 17.3 Å². The second-order valence-corrected chi connectivity index (χ2v) is 6.90. The van der Waals surface area contributed by atoms with Gasteiger partial charge in [-0.1, -0.05) is 47.5 Å². The average Bonchev–Trinajstić information content (AvgIpc) is 3.12. The highest BCUT2D eigenvalue weighted by atomic mass is 35.5. The van der Waals surface area contributed by atoms with E-state index in [1.807, 2.05) is 24.3 Å². The number of nitriles is 1. The Hall–Kier alpha value is -3.14. The van der Waals surface area contributed by atoms with E-state index in [-0.39, 0.29) is 17.3 Å². The van der Waals surface area contributed by atoms with Crippen molar-refractivity contribution in [2.45, 2.75) is 5.92 Å². The first-order valence-corrected chi connectivity index (χ1v) is 9.05. The van der Waals surface area contributed by atoms with Crippen LogP contribution in [0.25, 0.3) is 11.3 Å². The fourth-order valence-corrected chi connectivity index (χ4v) is 3.72. The summed E-state index contributed by atoms with van der Waals surface area (Å²) in [7, 11) is 1.59. The molecular weight excluding hydrogens is 399 g/mol. The van der Waals surface area contributed by atoms with Crippen molar-refractivity contribution < 1.29 is 9.47 Å². The number of ether oxygens (including phenoxy) is 2. The second kappa shape index (κ2) is 7.12. The van der Waals surface area contributed by atoms with E-state index in [4.69, 9.17) is 38.4 Å². The molecule has 2 aromatic carbocycles. The number of allylic oxidation sites excluding steroid dienone is 1. The van der Waals surface area contributed by atoms with Crippen LogP contribution in [0, 0.1) is 11.3 Å². The minimum absolute atomic E-state index is 0.0141. The van der Waals surface area contributed by atoms with E-state index < -0.39 is 5.92 Å². The van der Waals surface area contributed by atoms with Crippen molar-refractivity contribution in [3.05, 3.63) is 75.1 Å². The molecule has 0 unspecified atom stereocenters. The van der Waals surface area contributed by atoms with E-state index in [9.17, 15) is 5.26 Å². The number of hydrogen-bond donors (Lipinski definition) is 2. The number of aromatic nitrogens is 2. The number of rotatable bonds is 3. The Morgan fingerprint density at radius 2 is 2.04 bits per heavy atom. The lowest BCUT2D eigenvalue weighted by molar-refractivity contribution is 0.379. The molecule has 0 radical (unpaired) electrons. The van der Waals surface area contributed by atoms with Crippen LogP contribution in [0.5, 0.6) is 11.6 Å². The van der Waals surface area contributed by atoms with Gasteiger partial charge in [-0.2, -0.15) is 5.26 Å². The third-order valence-corrected chi connectivity index (χ3v) is 5.42. The van der Waals surface area contributed by atoms with Gasteiger partial charge in [-0.15, -0.1) is 5.10 Å². The number of halogens is 2. The zero-order chi connectivity index (χ0) is 19.8. The van der Waals surface area contributed by atoms with Crippen molar-refractivity contribution in [1.29, 1.82) is 5.26 Å². The number of aromatic amines is 1. The number of benzene rings is 2. The molecular formula is C20H14Cl2N4O2. The van der Waals surface area contributed by atoms with E-state index in [2.05, 4.69) is 16.3 Å². The number of nitrogens with one attached hydrogen (secondary N) is 1. The molecule has 4 rings (SSSR count). The minimum Gasteiger partial charge on any atom is -0.497 e. The van der Waals surface area contributed by atoms with Gasteiger partial charge >= 0.3 is 0 Å². The average molecular weight is 413 g/mol. The van der Waals surface area contributed by atoms with Crippen molar-refractivity contribution in [1.82, 2.24) is 10.2 Å². The fraction of sp³-hybridized carbons (Fsp3) is 0.100. The van der Waals surface area contributed by atoms with Crippen LogP contribution in [0.4, 0.5) is 0 Å². The topological polar surface area (TPSA) is 97.0 Å². The Balaban J connectivity index is 1.98. The molecule has 1 aliphatic heterocycles. The van der Waals surface area contributed by atoms with Crippen LogP contribution < -0.4 is 15.2 Å². The zero-order valence-corrected chi connectivity index (χ0v) is 16.2. The highest BCUT2D eigenvalue weighted by molar-refractivity contribution is 6.42. The molecule has 8 heteroatoms.